The molecule has 158 valence electrons. The number of aryl methyl sites for hydroxylation is 2. The van der Waals surface area contributed by atoms with Gasteiger partial charge in [-0.2, -0.15) is 0 Å². The largest absolute Gasteiger partial charge is 0.351 e. The summed E-state index contributed by atoms with van der Waals surface area (Å²) in [5.41, 5.74) is 2.36. The van der Waals surface area contributed by atoms with E-state index < -0.39 is 10.0 Å². The second-order valence-electron chi connectivity index (χ2n) is 8.20. The van der Waals surface area contributed by atoms with Crippen molar-refractivity contribution in [2.75, 3.05) is 10.8 Å². The molecule has 0 aromatic heterocycles. The number of rotatable bonds is 8. The van der Waals surface area contributed by atoms with Crippen molar-refractivity contribution in [3.63, 3.8) is 0 Å². The Kier molecular flexibility index (Phi) is 7.47. The first-order chi connectivity index (χ1) is 13.5. The molecule has 0 atom stereocenters. The topological polar surface area (TPSA) is 66.5 Å². The fourth-order valence-electron chi connectivity index (χ4n) is 3.57. The van der Waals surface area contributed by atoms with Gasteiger partial charge in [-0.1, -0.05) is 63.6 Å². The lowest BCUT2D eigenvalue weighted by Gasteiger charge is -2.29. The average Bonchev–Trinajstić information content (AvgIpc) is 2.65. The fourth-order valence-corrected chi connectivity index (χ4v) is 5.08. The summed E-state index contributed by atoms with van der Waals surface area (Å²) in [6.07, 6.45) is 0. The highest BCUT2D eigenvalue weighted by molar-refractivity contribution is 7.92. The number of sulfonamides is 1. The van der Waals surface area contributed by atoms with Crippen molar-refractivity contribution in [1.82, 2.24) is 5.32 Å². The minimum atomic E-state index is -3.89. The lowest BCUT2D eigenvalue weighted by atomic mass is 9.93. The molecular weight excluding hydrogens is 384 g/mol. The van der Waals surface area contributed by atoms with Gasteiger partial charge in [-0.25, -0.2) is 8.42 Å². The molecule has 0 spiro atoms. The van der Waals surface area contributed by atoms with E-state index in [0.717, 1.165) is 11.1 Å². The summed E-state index contributed by atoms with van der Waals surface area (Å²) >= 11 is 0. The minimum absolute atomic E-state index is 0.0251. The molecule has 5 nitrogen and oxygen atoms in total. The number of hydrogen-bond acceptors (Lipinski definition) is 3. The Bertz CT molecular complexity index is 930. The Balaban J connectivity index is 2.44. The van der Waals surface area contributed by atoms with Gasteiger partial charge in [0.15, 0.2) is 0 Å². The van der Waals surface area contributed by atoms with Crippen LogP contribution in [0.1, 0.15) is 38.8 Å². The predicted molar refractivity (Wildman–Crippen MR) is 118 cm³/mol. The van der Waals surface area contributed by atoms with Gasteiger partial charge in [-0.3, -0.25) is 9.10 Å². The van der Waals surface area contributed by atoms with Crippen LogP contribution in [0.4, 0.5) is 5.69 Å². The Hall–Kier alpha value is -2.34. The monoisotopic (exact) mass is 416 g/mol. The molecule has 0 aliphatic rings. The third kappa shape index (κ3) is 5.60. The zero-order valence-corrected chi connectivity index (χ0v) is 19.0. The first-order valence-corrected chi connectivity index (χ1v) is 11.4. The minimum Gasteiger partial charge on any atom is -0.351 e. The van der Waals surface area contributed by atoms with Crippen molar-refractivity contribution in [1.29, 1.82) is 0 Å². The summed E-state index contributed by atoms with van der Waals surface area (Å²) in [6, 6.07) is 13.8. The normalized spacial score (nSPS) is 11.9. The van der Waals surface area contributed by atoms with Gasteiger partial charge in [0.1, 0.15) is 6.54 Å². The van der Waals surface area contributed by atoms with E-state index in [1.54, 1.807) is 36.4 Å². The van der Waals surface area contributed by atoms with Crippen LogP contribution < -0.4 is 9.62 Å². The van der Waals surface area contributed by atoms with E-state index in [1.165, 1.54) is 4.31 Å². The van der Waals surface area contributed by atoms with Crippen LogP contribution in [0.2, 0.25) is 0 Å². The zero-order valence-electron chi connectivity index (χ0n) is 18.1. The van der Waals surface area contributed by atoms with Crippen LogP contribution in [0, 0.1) is 25.7 Å². The maximum absolute atomic E-state index is 13.4. The number of carbonyl (C=O) groups excluding carboxylic acids is 1. The van der Waals surface area contributed by atoms with Crippen LogP contribution in [-0.4, -0.2) is 26.9 Å². The number of anilines is 1. The number of hydrogen-bond donors (Lipinski definition) is 1. The van der Waals surface area contributed by atoms with Crippen molar-refractivity contribution in [3.05, 3.63) is 59.7 Å². The predicted octanol–water partition coefficient (Wildman–Crippen LogP) is 4.30. The molecule has 0 radical (unpaired) electrons. The fraction of sp³-hybridized carbons (Fsp3) is 0.435. The highest BCUT2D eigenvalue weighted by atomic mass is 32.2. The molecule has 0 bridgehead atoms. The highest BCUT2D eigenvalue weighted by Gasteiger charge is 2.29. The van der Waals surface area contributed by atoms with Gasteiger partial charge >= 0.3 is 0 Å². The van der Waals surface area contributed by atoms with Crippen LogP contribution in [0.25, 0.3) is 0 Å². The first-order valence-electron chi connectivity index (χ1n) is 9.98. The molecule has 0 aliphatic carbocycles. The summed E-state index contributed by atoms with van der Waals surface area (Å²) in [6.45, 7) is 11.7. The molecule has 0 aliphatic heterocycles. The van der Waals surface area contributed by atoms with Crippen molar-refractivity contribution < 1.29 is 13.2 Å². The van der Waals surface area contributed by atoms with Gasteiger partial charge < -0.3 is 5.32 Å². The Labute approximate surface area is 175 Å². The molecule has 0 saturated heterocycles. The Morgan fingerprint density at radius 2 is 1.55 bits per heavy atom. The highest BCUT2D eigenvalue weighted by Crippen LogP contribution is 2.27. The molecule has 6 heteroatoms. The van der Waals surface area contributed by atoms with Gasteiger partial charge in [-0.15, -0.1) is 0 Å². The molecule has 2 aromatic carbocycles. The van der Waals surface area contributed by atoms with Crippen LogP contribution in [-0.2, 0) is 14.8 Å². The van der Waals surface area contributed by atoms with E-state index in [0.29, 0.717) is 5.69 Å². The van der Waals surface area contributed by atoms with Crippen LogP contribution in [0.15, 0.2) is 53.4 Å². The number of nitrogens with one attached hydrogen (secondary N) is 1. The number of nitrogens with zero attached hydrogens (tertiary/aromatic N) is 1. The Morgan fingerprint density at radius 3 is 2.07 bits per heavy atom. The third-order valence-corrected chi connectivity index (χ3v) is 6.78. The molecule has 0 unspecified atom stereocenters. The van der Waals surface area contributed by atoms with E-state index in [1.807, 2.05) is 53.7 Å². The molecular formula is C23H32N2O3S. The standard InChI is InChI=1S/C23H32N2O3S/c1-16(2)23(17(3)4)24-22(26)15-25(21-13-12-18(5)14-19(21)6)29(27,28)20-10-8-7-9-11-20/h7-14,16-17,23H,15H2,1-6H3,(H,24,26). The van der Waals surface area contributed by atoms with Crippen molar-refractivity contribution in [3.8, 4) is 0 Å². The van der Waals surface area contributed by atoms with E-state index in [-0.39, 0.29) is 35.2 Å². The van der Waals surface area contributed by atoms with Crippen LogP contribution >= 0.6 is 0 Å². The number of carbonyl (C=O) groups is 1. The van der Waals surface area contributed by atoms with Gasteiger partial charge in [0, 0.05) is 6.04 Å². The second kappa shape index (κ2) is 9.44. The van der Waals surface area contributed by atoms with Gasteiger partial charge in [0.05, 0.1) is 10.6 Å². The number of benzene rings is 2. The third-order valence-electron chi connectivity index (χ3n) is 5.00. The molecule has 1 N–H and O–H groups in total. The summed E-state index contributed by atoms with van der Waals surface area (Å²) in [7, 11) is -3.89. The molecule has 0 fully saturated rings. The van der Waals surface area contributed by atoms with Gasteiger partial charge in [0.25, 0.3) is 10.0 Å². The lowest BCUT2D eigenvalue weighted by molar-refractivity contribution is -0.121. The van der Waals surface area contributed by atoms with E-state index in [9.17, 15) is 13.2 Å². The maximum Gasteiger partial charge on any atom is 0.264 e. The maximum atomic E-state index is 13.4. The zero-order chi connectivity index (χ0) is 21.8. The lowest BCUT2D eigenvalue weighted by Crippen LogP contribution is -2.48. The summed E-state index contributed by atoms with van der Waals surface area (Å²) in [4.78, 5) is 13.0. The smallest absolute Gasteiger partial charge is 0.264 e. The summed E-state index contributed by atoms with van der Waals surface area (Å²) < 4.78 is 28.0. The molecule has 2 aromatic rings. The van der Waals surface area contributed by atoms with E-state index >= 15 is 0 Å². The van der Waals surface area contributed by atoms with Crippen LogP contribution in [0.5, 0.6) is 0 Å². The SMILES string of the molecule is Cc1ccc(N(CC(=O)NC(C(C)C)C(C)C)S(=O)(=O)c2ccccc2)c(C)c1. The average molecular weight is 417 g/mol. The van der Waals surface area contributed by atoms with E-state index in [4.69, 9.17) is 0 Å². The van der Waals surface area contributed by atoms with Crippen LogP contribution in [0.3, 0.4) is 0 Å². The van der Waals surface area contributed by atoms with Gasteiger partial charge in [-0.05, 0) is 49.4 Å². The quantitative estimate of drug-likeness (QED) is 0.698. The Morgan fingerprint density at radius 1 is 0.966 bits per heavy atom. The summed E-state index contributed by atoms with van der Waals surface area (Å²) in [5, 5.41) is 3.03. The molecule has 0 saturated carbocycles. The van der Waals surface area contributed by atoms with E-state index in [2.05, 4.69) is 5.32 Å². The van der Waals surface area contributed by atoms with Crippen molar-refractivity contribution in [2.24, 2.45) is 11.8 Å². The molecule has 29 heavy (non-hydrogen) atoms. The molecule has 2 rings (SSSR count). The van der Waals surface area contributed by atoms with Crippen molar-refractivity contribution >= 4 is 21.6 Å². The second-order valence-corrected chi connectivity index (χ2v) is 10.1. The first kappa shape index (κ1) is 22.9. The molecule has 1 amide bonds. The summed E-state index contributed by atoms with van der Waals surface area (Å²) in [5.74, 6) is 0.190. The van der Waals surface area contributed by atoms with Crippen molar-refractivity contribution in [2.45, 2.75) is 52.5 Å². The molecule has 0 heterocycles. The number of amides is 1. The van der Waals surface area contributed by atoms with Gasteiger partial charge in [0.2, 0.25) is 5.91 Å².